The van der Waals surface area contributed by atoms with Crippen molar-refractivity contribution in [2.75, 3.05) is 11.1 Å². The predicted molar refractivity (Wildman–Crippen MR) is 102 cm³/mol. The lowest BCUT2D eigenvalue weighted by molar-refractivity contribution is -0.115. The Labute approximate surface area is 153 Å². The fourth-order valence-corrected chi connectivity index (χ4v) is 3.28. The quantitative estimate of drug-likeness (QED) is 0.605. The molecule has 0 aliphatic carbocycles. The van der Waals surface area contributed by atoms with E-state index in [0.29, 0.717) is 6.42 Å². The van der Waals surface area contributed by atoms with Crippen LogP contribution in [0.1, 0.15) is 6.42 Å². The molecule has 6 heteroatoms. The highest BCUT2D eigenvalue weighted by atomic mass is 79.9. The van der Waals surface area contributed by atoms with Gasteiger partial charge in [-0.2, -0.15) is 5.10 Å². The predicted octanol–water partition coefficient (Wildman–Crippen LogP) is 4.76. The number of nitrogens with zero attached hydrogens (tertiary/aromatic N) is 2. The van der Waals surface area contributed by atoms with Crippen LogP contribution in [0.15, 0.2) is 76.4 Å². The van der Waals surface area contributed by atoms with Crippen LogP contribution in [0.4, 0.5) is 5.69 Å². The fourth-order valence-electron chi connectivity index (χ4n) is 2.16. The van der Waals surface area contributed by atoms with Gasteiger partial charge in [0.2, 0.25) is 5.91 Å². The van der Waals surface area contributed by atoms with Crippen LogP contribution in [-0.2, 0) is 4.79 Å². The highest BCUT2D eigenvalue weighted by Crippen LogP contribution is 2.21. The van der Waals surface area contributed by atoms with E-state index >= 15 is 0 Å². The number of carbonyl (C=O) groups is 1. The Morgan fingerprint density at radius 1 is 1.17 bits per heavy atom. The van der Waals surface area contributed by atoms with Gasteiger partial charge in [-0.05, 0) is 48.5 Å². The summed E-state index contributed by atoms with van der Waals surface area (Å²) in [6.45, 7) is 0. The number of thioether (sulfide) groups is 1. The number of nitrogens with one attached hydrogen (secondary N) is 1. The van der Waals surface area contributed by atoms with Gasteiger partial charge in [0.1, 0.15) is 0 Å². The zero-order valence-corrected chi connectivity index (χ0v) is 15.3. The van der Waals surface area contributed by atoms with E-state index in [4.69, 9.17) is 0 Å². The minimum atomic E-state index is 0.0113. The molecule has 1 amide bonds. The molecule has 0 spiro atoms. The molecule has 4 nitrogen and oxygen atoms in total. The zero-order valence-electron chi connectivity index (χ0n) is 12.9. The molecule has 2 aromatic carbocycles. The summed E-state index contributed by atoms with van der Waals surface area (Å²) < 4.78 is 2.82. The lowest BCUT2D eigenvalue weighted by Crippen LogP contribution is -2.12. The molecule has 3 aromatic rings. The first-order valence-corrected chi connectivity index (χ1v) is 9.27. The third-order valence-electron chi connectivity index (χ3n) is 3.31. The number of hydrogen-bond donors (Lipinski definition) is 1. The third kappa shape index (κ3) is 4.72. The third-order valence-corrected chi connectivity index (χ3v) is 4.85. The van der Waals surface area contributed by atoms with Crippen LogP contribution >= 0.6 is 27.7 Å². The molecule has 1 heterocycles. The fraction of sp³-hybridized carbons (Fsp3) is 0.111. The Kier molecular flexibility index (Phi) is 5.72. The first-order valence-electron chi connectivity index (χ1n) is 7.49. The van der Waals surface area contributed by atoms with E-state index in [9.17, 15) is 4.79 Å². The minimum absolute atomic E-state index is 0.0113. The smallest absolute Gasteiger partial charge is 0.225 e. The van der Waals surface area contributed by atoms with Crippen molar-refractivity contribution in [1.82, 2.24) is 9.78 Å². The van der Waals surface area contributed by atoms with E-state index in [2.05, 4.69) is 26.3 Å². The van der Waals surface area contributed by atoms with Gasteiger partial charge in [0.25, 0.3) is 0 Å². The molecule has 1 N–H and O–H groups in total. The summed E-state index contributed by atoms with van der Waals surface area (Å²) >= 11 is 5.09. The molecule has 0 fully saturated rings. The average molecular weight is 402 g/mol. The molecule has 0 aliphatic rings. The lowest BCUT2D eigenvalue weighted by atomic mass is 10.2. The van der Waals surface area contributed by atoms with Crippen molar-refractivity contribution in [3.05, 3.63) is 71.5 Å². The maximum Gasteiger partial charge on any atom is 0.225 e. The van der Waals surface area contributed by atoms with Crippen molar-refractivity contribution in [3.8, 4) is 5.69 Å². The monoisotopic (exact) mass is 401 g/mol. The summed E-state index contributed by atoms with van der Waals surface area (Å²) in [4.78, 5) is 13.3. The van der Waals surface area contributed by atoms with Gasteiger partial charge >= 0.3 is 0 Å². The molecule has 0 bridgehead atoms. The maximum absolute atomic E-state index is 12.1. The SMILES string of the molecule is O=C(CCSc1ccc(Br)cc1)Nc1cccc(-n2cccn2)c1. The van der Waals surface area contributed by atoms with E-state index in [1.807, 2.05) is 60.8 Å². The van der Waals surface area contributed by atoms with E-state index in [1.165, 1.54) is 0 Å². The Balaban J connectivity index is 1.51. The molecule has 0 saturated heterocycles. The second kappa shape index (κ2) is 8.17. The summed E-state index contributed by atoms with van der Waals surface area (Å²) in [6, 6.07) is 17.6. The van der Waals surface area contributed by atoms with Gasteiger partial charge in [-0.1, -0.05) is 22.0 Å². The van der Waals surface area contributed by atoms with Crippen molar-refractivity contribution in [2.24, 2.45) is 0 Å². The molecule has 24 heavy (non-hydrogen) atoms. The zero-order chi connectivity index (χ0) is 16.8. The maximum atomic E-state index is 12.1. The molecule has 0 unspecified atom stereocenters. The van der Waals surface area contributed by atoms with Gasteiger partial charge in [-0.25, -0.2) is 4.68 Å². The average Bonchev–Trinajstić information content (AvgIpc) is 3.11. The van der Waals surface area contributed by atoms with Crippen LogP contribution in [-0.4, -0.2) is 21.4 Å². The minimum Gasteiger partial charge on any atom is -0.326 e. The first kappa shape index (κ1) is 16.8. The van der Waals surface area contributed by atoms with E-state index < -0.39 is 0 Å². The number of hydrogen-bond acceptors (Lipinski definition) is 3. The summed E-state index contributed by atoms with van der Waals surface area (Å²) in [6.07, 6.45) is 4.06. The Hall–Kier alpha value is -2.05. The van der Waals surface area contributed by atoms with E-state index in [0.717, 1.165) is 26.5 Å². The van der Waals surface area contributed by atoms with Crippen molar-refractivity contribution >= 4 is 39.3 Å². The van der Waals surface area contributed by atoms with Crippen LogP contribution in [0.5, 0.6) is 0 Å². The topological polar surface area (TPSA) is 46.9 Å². The number of halogens is 1. The largest absolute Gasteiger partial charge is 0.326 e. The second-order valence-corrected chi connectivity index (χ2v) is 7.19. The highest BCUT2D eigenvalue weighted by Gasteiger charge is 2.05. The summed E-state index contributed by atoms with van der Waals surface area (Å²) in [5.41, 5.74) is 1.70. The Morgan fingerprint density at radius 2 is 2.00 bits per heavy atom. The number of carbonyl (C=O) groups excluding carboxylic acids is 1. The Morgan fingerprint density at radius 3 is 2.75 bits per heavy atom. The summed E-state index contributed by atoms with van der Waals surface area (Å²) in [5.74, 6) is 0.754. The van der Waals surface area contributed by atoms with Crippen LogP contribution in [0.25, 0.3) is 5.69 Å². The van der Waals surface area contributed by atoms with Gasteiger partial charge in [0, 0.05) is 39.6 Å². The van der Waals surface area contributed by atoms with Crippen LogP contribution in [0.3, 0.4) is 0 Å². The second-order valence-electron chi connectivity index (χ2n) is 5.10. The summed E-state index contributed by atoms with van der Waals surface area (Å²) in [5, 5.41) is 7.13. The van der Waals surface area contributed by atoms with E-state index in [1.54, 1.807) is 22.6 Å². The van der Waals surface area contributed by atoms with Crippen molar-refractivity contribution in [3.63, 3.8) is 0 Å². The van der Waals surface area contributed by atoms with Crippen molar-refractivity contribution in [1.29, 1.82) is 0 Å². The van der Waals surface area contributed by atoms with Gasteiger partial charge in [0.15, 0.2) is 0 Å². The van der Waals surface area contributed by atoms with Gasteiger partial charge in [-0.3, -0.25) is 4.79 Å². The normalized spacial score (nSPS) is 10.5. The number of benzene rings is 2. The van der Waals surface area contributed by atoms with Crippen LogP contribution in [0.2, 0.25) is 0 Å². The highest BCUT2D eigenvalue weighted by molar-refractivity contribution is 9.10. The molecule has 1 aromatic heterocycles. The number of rotatable bonds is 6. The number of aromatic nitrogens is 2. The first-order chi connectivity index (χ1) is 11.7. The lowest BCUT2D eigenvalue weighted by Gasteiger charge is -2.08. The molecular weight excluding hydrogens is 386 g/mol. The number of amides is 1. The molecule has 122 valence electrons. The van der Waals surface area contributed by atoms with Gasteiger partial charge in [-0.15, -0.1) is 11.8 Å². The van der Waals surface area contributed by atoms with Crippen molar-refractivity contribution < 1.29 is 4.79 Å². The van der Waals surface area contributed by atoms with E-state index in [-0.39, 0.29) is 5.91 Å². The van der Waals surface area contributed by atoms with Crippen LogP contribution in [0, 0.1) is 0 Å². The molecule has 0 atom stereocenters. The Bertz CT molecular complexity index is 803. The van der Waals surface area contributed by atoms with Gasteiger partial charge < -0.3 is 5.32 Å². The molecular formula is C18H16BrN3OS. The number of anilines is 1. The summed E-state index contributed by atoms with van der Waals surface area (Å²) in [7, 11) is 0. The molecule has 3 rings (SSSR count). The van der Waals surface area contributed by atoms with Crippen LogP contribution < -0.4 is 5.32 Å². The molecule has 0 aliphatic heterocycles. The standard InChI is InChI=1S/C18H16BrN3OS/c19-14-5-7-17(8-6-14)24-12-9-18(23)21-15-3-1-4-16(13-15)22-11-2-10-20-22/h1-8,10-11,13H,9,12H2,(H,21,23). The molecule has 0 saturated carbocycles. The van der Waals surface area contributed by atoms with Crippen molar-refractivity contribution in [2.45, 2.75) is 11.3 Å². The molecule has 0 radical (unpaired) electrons. The van der Waals surface area contributed by atoms with Gasteiger partial charge in [0.05, 0.1) is 5.69 Å².